The second kappa shape index (κ2) is 10.8. The van der Waals surface area contributed by atoms with Crippen LogP contribution < -0.4 is 19.5 Å². The van der Waals surface area contributed by atoms with Crippen LogP contribution in [0.4, 0.5) is 5.69 Å². The predicted molar refractivity (Wildman–Crippen MR) is 137 cm³/mol. The molecule has 0 radical (unpaired) electrons. The number of carbonyl (C=O) groups excluding carboxylic acids is 2. The first kappa shape index (κ1) is 24.5. The van der Waals surface area contributed by atoms with Crippen molar-refractivity contribution in [2.24, 2.45) is 0 Å². The van der Waals surface area contributed by atoms with E-state index in [1.807, 2.05) is 18.2 Å². The third-order valence-electron chi connectivity index (χ3n) is 5.59. The highest BCUT2D eigenvalue weighted by atomic mass is 16.5. The van der Waals surface area contributed by atoms with Crippen LogP contribution in [0.5, 0.6) is 17.2 Å². The molecule has 1 amide bonds. The van der Waals surface area contributed by atoms with E-state index in [-0.39, 0.29) is 5.56 Å². The first-order valence-corrected chi connectivity index (χ1v) is 11.2. The summed E-state index contributed by atoms with van der Waals surface area (Å²) in [7, 11) is 4.58. The molecule has 1 heterocycles. The second-order valence-corrected chi connectivity index (χ2v) is 7.89. The zero-order chi connectivity index (χ0) is 25.7. The number of nitrogens with zero attached hydrogens (tertiary/aromatic N) is 1. The lowest BCUT2D eigenvalue weighted by atomic mass is 10.0. The number of carbonyl (C=O) groups is 2. The van der Waals surface area contributed by atoms with Crippen LogP contribution in [-0.4, -0.2) is 44.3 Å². The van der Waals surface area contributed by atoms with Gasteiger partial charge in [0.1, 0.15) is 0 Å². The van der Waals surface area contributed by atoms with E-state index in [1.54, 1.807) is 54.6 Å². The molecule has 0 fully saturated rings. The van der Waals surface area contributed by atoms with Crippen molar-refractivity contribution in [3.63, 3.8) is 0 Å². The molecule has 1 N–H and O–H groups in total. The molecule has 8 heteroatoms. The van der Waals surface area contributed by atoms with Crippen molar-refractivity contribution in [1.29, 1.82) is 0 Å². The monoisotopic (exact) mass is 486 g/mol. The summed E-state index contributed by atoms with van der Waals surface area (Å²) < 4.78 is 21.9. The van der Waals surface area contributed by atoms with Gasteiger partial charge in [-0.2, -0.15) is 0 Å². The first-order valence-electron chi connectivity index (χ1n) is 11.2. The molecule has 36 heavy (non-hydrogen) atoms. The molecular weight excluding hydrogens is 460 g/mol. The molecule has 184 valence electrons. The minimum Gasteiger partial charge on any atom is -0.493 e. The summed E-state index contributed by atoms with van der Waals surface area (Å²) in [4.78, 5) is 30.6. The number of anilines is 1. The summed E-state index contributed by atoms with van der Waals surface area (Å²) in [6.07, 6.45) is -1.02. The number of hydrogen-bond acceptors (Lipinski definition) is 7. The number of fused-ring (bicyclic) bond motifs is 1. The number of ether oxygens (including phenoxy) is 4. The molecule has 1 aromatic heterocycles. The summed E-state index contributed by atoms with van der Waals surface area (Å²) in [5.41, 5.74) is 2.64. The van der Waals surface area contributed by atoms with Gasteiger partial charge in [0.2, 0.25) is 5.75 Å². The quantitative estimate of drug-likeness (QED) is 0.346. The largest absolute Gasteiger partial charge is 0.493 e. The number of hydrogen-bond donors (Lipinski definition) is 1. The summed E-state index contributed by atoms with van der Waals surface area (Å²) in [6, 6.07) is 21.3. The van der Waals surface area contributed by atoms with E-state index in [4.69, 9.17) is 23.9 Å². The Morgan fingerprint density at radius 1 is 0.833 bits per heavy atom. The van der Waals surface area contributed by atoms with Gasteiger partial charge in [0.05, 0.1) is 38.1 Å². The highest BCUT2D eigenvalue weighted by molar-refractivity contribution is 6.06. The molecule has 0 saturated carbocycles. The van der Waals surface area contributed by atoms with E-state index >= 15 is 0 Å². The van der Waals surface area contributed by atoms with Gasteiger partial charge in [0.25, 0.3) is 5.91 Å². The molecule has 4 rings (SSSR count). The Morgan fingerprint density at radius 3 is 2.11 bits per heavy atom. The van der Waals surface area contributed by atoms with Crippen LogP contribution in [0.15, 0.2) is 72.8 Å². The Kier molecular flexibility index (Phi) is 7.34. The SMILES string of the molecule is COc1cc(-c2cc(C(=O)OC(C)C(=O)Nc3ccccc3)c3ccccc3n2)cc(OC)c1OC. The molecule has 8 nitrogen and oxygen atoms in total. The highest BCUT2D eigenvalue weighted by Crippen LogP contribution is 2.41. The molecular formula is C28H26N2O6. The maximum atomic E-state index is 13.3. The highest BCUT2D eigenvalue weighted by Gasteiger charge is 2.23. The Labute approximate surface area is 208 Å². The Bertz CT molecular complexity index is 1380. The molecule has 0 aliphatic heterocycles. The zero-order valence-electron chi connectivity index (χ0n) is 20.4. The lowest BCUT2D eigenvalue weighted by molar-refractivity contribution is -0.123. The molecule has 1 unspecified atom stereocenters. The van der Waals surface area contributed by atoms with Gasteiger partial charge in [-0.15, -0.1) is 0 Å². The number of esters is 1. The van der Waals surface area contributed by atoms with E-state index in [0.29, 0.717) is 45.1 Å². The molecule has 0 bridgehead atoms. The second-order valence-electron chi connectivity index (χ2n) is 7.89. The van der Waals surface area contributed by atoms with Crippen molar-refractivity contribution in [3.05, 3.63) is 78.4 Å². The summed E-state index contributed by atoms with van der Waals surface area (Å²) in [6.45, 7) is 1.53. The van der Waals surface area contributed by atoms with Gasteiger partial charge in [-0.25, -0.2) is 9.78 Å². The van der Waals surface area contributed by atoms with E-state index < -0.39 is 18.0 Å². The van der Waals surface area contributed by atoms with Crippen molar-refractivity contribution in [2.45, 2.75) is 13.0 Å². The smallest absolute Gasteiger partial charge is 0.339 e. The summed E-state index contributed by atoms with van der Waals surface area (Å²) in [5.74, 6) is 0.285. The van der Waals surface area contributed by atoms with Crippen molar-refractivity contribution in [2.75, 3.05) is 26.6 Å². The van der Waals surface area contributed by atoms with Gasteiger partial charge in [0.15, 0.2) is 17.6 Å². The van der Waals surface area contributed by atoms with Crippen LogP contribution in [0.3, 0.4) is 0 Å². The lowest BCUT2D eigenvalue weighted by Crippen LogP contribution is -2.30. The number of nitrogens with one attached hydrogen (secondary N) is 1. The maximum absolute atomic E-state index is 13.3. The van der Waals surface area contributed by atoms with E-state index in [1.165, 1.54) is 28.3 Å². The fraction of sp³-hybridized carbons (Fsp3) is 0.179. The number of para-hydroxylation sites is 2. The molecule has 3 aromatic carbocycles. The Balaban J connectivity index is 1.70. The molecule has 0 spiro atoms. The molecule has 0 saturated heterocycles. The number of amides is 1. The summed E-state index contributed by atoms with van der Waals surface area (Å²) in [5, 5.41) is 3.35. The average molecular weight is 487 g/mol. The van der Waals surface area contributed by atoms with Crippen LogP contribution in [0, 0.1) is 0 Å². The third kappa shape index (κ3) is 5.07. The number of aromatic nitrogens is 1. The van der Waals surface area contributed by atoms with Crippen LogP contribution in [0.2, 0.25) is 0 Å². The molecule has 0 aliphatic rings. The molecule has 4 aromatic rings. The number of rotatable bonds is 8. The van der Waals surface area contributed by atoms with E-state index in [9.17, 15) is 9.59 Å². The van der Waals surface area contributed by atoms with Gasteiger partial charge in [-0.3, -0.25) is 4.79 Å². The minimum atomic E-state index is -1.02. The van der Waals surface area contributed by atoms with Gasteiger partial charge in [-0.1, -0.05) is 36.4 Å². The molecule has 1 atom stereocenters. The predicted octanol–water partition coefficient (Wildman–Crippen LogP) is 5.11. The normalized spacial score (nSPS) is 11.4. The average Bonchev–Trinajstić information content (AvgIpc) is 2.91. The van der Waals surface area contributed by atoms with Crippen molar-refractivity contribution in [3.8, 4) is 28.5 Å². The van der Waals surface area contributed by atoms with Gasteiger partial charge in [0, 0.05) is 16.6 Å². The number of benzene rings is 3. The topological polar surface area (TPSA) is 96.0 Å². The zero-order valence-corrected chi connectivity index (χ0v) is 20.4. The van der Waals surface area contributed by atoms with Crippen molar-refractivity contribution in [1.82, 2.24) is 4.98 Å². The van der Waals surface area contributed by atoms with Crippen molar-refractivity contribution >= 4 is 28.5 Å². The fourth-order valence-corrected chi connectivity index (χ4v) is 3.76. The van der Waals surface area contributed by atoms with Crippen LogP contribution in [0.25, 0.3) is 22.2 Å². The van der Waals surface area contributed by atoms with E-state index in [2.05, 4.69) is 5.32 Å². The Morgan fingerprint density at radius 2 is 1.47 bits per heavy atom. The minimum absolute atomic E-state index is 0.281. The summed E-state index contributed by atoms with van der Waals surface area (Å²) >= 11 is 0. The van der Waals surface area contributed by atoms with Crippen LogP contribution >= 0.6 is 0 Å². The number of methoxy groups -OCH3 is 3. The standard InChI is InChI=1S/C28H26N2O6/c1-17(27(31)29-19-10-6-5-7-11-19)36-28(32)21-16-23(30-22-13-9-8-12-20(21)22)18-14-24(33-2)26(35-4)25(15-18)34-3/h5-17H,1-4H3,(H,29,31). The van der Waals surface area contributed by atoms with Gasteiger partial charge >= 0.3 is 5.97 Å². The lowest BCUT2D eigenvalue weighted by Gasteiger charge is -2.16. The van der Waals surface area contributed by atoms with Gasteiger partial charge < -0.3 is 24.3 Å². The Hall–Kier alpha value is -4.59. The van der Waals surface area contributed by atoms with E-state index in [0.717, 1.165) is 0 Å². The molecule has 0 aliphatic carbocycles. The maximum Gasteiger partial charge on any atom is 0.339 e. The van der Waals surface area contributed by atoms with Crippen molar-refractivity contribution < 1.29 is 28.5 Å². The van der Waals surface area contributed by atoms with Crippen LogP contribution in [0.1, 0.15) is 17.3 Å². The van der Waals surface area contributed by atoms with Crippen LogP contribution in [-0.2, 0) is 9.53 Å². The fourth-order valence-electron chi connectivity index (χ4n) is 3.76. The third-order valence-corrected chi connectivity index (χ3v) is 5.59. The van der Waals surface area contributed by atoms with Gasteiger partial charge in [-0.05, 0) is 43.3 Å². The first-order chi connectivity index (χ1) is 17.4. The number of pyridine rings is 1.